The zero-order chi connectivity index (χ0) is 14.3. The molecule has 1 unspecified atom stereocenters. The molecule has 3 rings (SSSR count). The van der Waals surface area contributed by atoms with Gasteiger partial charge in [-0.3, -0.25) is 0 Å². The van der Waals surface area contributed by atoms with Crippen LogP contribution >= 0.6 is 22.9 Å². The summed E-state index contributed by atoms with van der Waals surface area (Å²) < 4.78 is 0. The summed E-state index contributed by atoms with van der Waals surface area (Å²) in [6.07, 6.45) is 0.593. The van der Waals surface area contributed by atoms with Crippen molar-refractivity contribution in [2.24, 2.45) is 0 Å². The summed E-state index contributed by atoms with van der Waals surface area (Å²) >= 11 is 8.27. The van der Waals surface area contributed by atoms with Gasteiger partial charge in [-0.2, -0.15) is 0 Å². The number of halogens is 1. The van der Waals surface area contributed by atoms with Gasteiger partial charge in [-0.1, -0.05) is 17.7 Å². The average Bonchev–Trinajstić information content (AvgIpc) is 2.89. The van der Waals surface area contributed by atoms with E-state index in [0.29, 0.717) is 11.1 Å². The Labute approximate surface area is 128 Å². The van der Waals surface area contributed by atoms with E-state index in [1.54, 1.807) is 6.92 Å². The van der Waals surface area contributed by atoms with Gasteiger partial charge in [0.2, 0.25) is 0 Å². The Morgan fingerprint density at radius 1 is 1.40 bits per heavy atom. The number of hydrogen-bond donors (Lipinski definition) is 1. The van der Waals surface area contributed by atoms with Gasteiger partial charge in [0, 0.05) is 11.4 Å². The molecule has 1 aliphatic heterocycles. The van der Waals surface area contributed by atoms with Crippen LogP contribution in [0.25, 0.3) is 0 Å². The topological polar surface area (TPSA) is 23.5 Å². The number of rotatable bonds is 2. The van der Waals surface area contributed by atoms with Gasteiger partial charge in [0.15, 0.2) is 0 Å². The summed E-state index contributed by atoms with van der Waals surface area (Å²) in [6, 6.07) is 8.42. The normalized spacial score (nSPS) is 19.8. The molecular formula is C16H18ClNOS. The van der Waals surface area contributed by atoms with E-state index in [1.807, 2.05) is 29.5 Å². The third kappa shape index (κ3) is 2.34. The van der Waals surface area contributed by atoms with Gasteiger partial charge < -0.3 is 10.0 Å². The molecule has 1 aromatic heterocycles. The molecule has 0 fully saturated rings. The van der Waals surface area contributed by atoms with E-state index in [2.05, 4.69) is 23.3 Å². The molecule has 2 aromatic rings. The highest BCUT2D eigenvalue weighted by molar-refractivity contribution is 7.10. The lowest BCUT2D eigenvalue weighted by Gasteiger charge is -2.36. The second kappa shape index (κ2) is 5.40. The molecule has 0 spiro atoms. The fraction of sp³-hybridized carbons (Fsp3) is 0.375. The highest BCUT2D eigenvalue weighted by atomic mass is 35.5. The lowest BCUT2D eigenvalue weighted by atomic mass is 10.00. The van der Waals surface area contributed by atoms with Gasteiger partial charge in [-0.25, -0.2) is 0 Å². The largest absolute Gasteiger partial charge is 0.389 e. The molecule has 0 bridgehead atoms. The highest BCUT2D eigenvalue weighted by Crippen LogP contribution is 2.39. The maximum atomic E-state index is 9.63. The molecular weight excluding hydrogens is 290 g/mol. The highest BCUT2D eigenvalue weighted by Gasteiger charge is 2.26. The van der Waals surface area contributed by atoms with Crippen LogP contribution in [0.3, 0.4) is 0 Å². The van der Waals surface area contributed by atoms with Crippen molar-refractivity contribution in [2.45, 2.75) is 32.4 Å². The monoisotopic (exact) mass is 307 g/mol. The Hall–Kier alpha value is -1.03. The van der Waals surface area contributed by atoms with E-state index < -0.39 is 6.10 Å². The van der Waals surface area contributed by atoms with Crippen molar-refractivity contribution in [3.05, 3.63) is 50.7 Å². The Morgan fingerprint density at radius 2 is 2.20 bits per heavy atom. The van der Waals surface area contributed by atoms with Gasteiger partial charge in [0.1, 0.15) is 0 Å². The van der Waals surface area contributed by atoms with E-state index in [1.165, 1.54) is 10.4 Å². The Kier molecular flexibility index (Phi) is 3.76. The maximum Gasteiger partial charge on any atom is 0.0762 e. The van der Waals surface area contributed by atoms with Crippen LogP contribution in [-0.2, 0) is 6.42 Å². The lowest BCUT2D eigenvalue weighted by molar-refractivity contribution is 0.199. The van der Waals surface area contributed by atoms with Crippen molar-refractivity contribution in [1.29, 1.82) is 0 Å². The molecule has 1 aliphatic rings. The predicted octanol–water partition coefficient (Wildman–Crippen LogP) is 4.58. The zero-order valence-corrected chi connectivity index (χ0v) is 13.2. The number of anilines is 1. The molecule has 0 saturated carbocycles. The molecule has 106 valence electrons. The Balaban J connectivity index is 1.94. The first-order valence-corrected chi connectivity index (χ1v) is 8.14. The number of aliphatic hydroxyl groups excluding tert-OH is 1. The smallest absolute Gasteiger partial charge is 0.0762 e. The fourth-order valence-electron chi connectivity index (χ4n) is 2.85. The van der Waals surface area contributed by atoms with Crippen molar-refractivity contribution in [3.63, 3.8) is 0 Å². The third-order valence-electron chi connectivity index (χ3n) is 4.04. The first kappa shape index (κ1) is 13.9. The molecule has 2 nitrogen and oxygen atoms in total. The summed E-state index contributed by atoms with van der Waals surface area (Å²) in [6.45, 7) is 4.97. The van der Waals surface area contributed by atoms with Gasteiger partial charge >= 0.3 is 0 Å². The number of thiophene rings is 1. The maximum absolute atomic E-state index is 9.63. The van der Waals surface area contributed by atoms with Crippen LogP contribution in [0, 0.1) is 0 Å². The van der Waals surface area contributed by atoms with E-state index in [-0.39, 0.29) is 0 Å². The lowest BCUT2D eigenvalue weighted by Crippen LogP contribution is -2.33. The first-order valence-electron chi connectivity index (χ1n) is 6.88. The Morgan fingerprint density at radius 3 is 2.90 bits per heavy atom. The van der Waals surface area contributed by atoms with E-state index >= 15 is 0 Å². The molecule has 0 amide bonds. The first-order chi connectivity index (χ1) is 9.58. The Bertz CT molecular complexity index is 623. The second-order valence-electron chi connectivity index (χ2n) is 5.31. The van der Waals surface area contributed by atoms with Crippen LogP contribution in [0.5, 0.6) is 0 Å². The molecule has 1 N–H and O–H groups in total. The minimum atomic E-state index is -0.483. The van der Waals surface area contributed by atoms with Crippen molar-refractivity contribution in [3.8, 4) is 0 Å². The van der Waals surface area contributed by atoms with Crippen LogP contribution in [0.1, 0.15) is 42.0 Å². The quantitative estimate of drug-likeness (QED) is 0.878. The van der Waals surface area contributed by atoms with E-state index in [4.69, 9.17) is 11.6 Å². The number of benzene rings is 1. The summed E-state index contributed by atoms with van der Waals surface area (Å²) in [4.78, 5) is 3.84. The van der Waals surface area contributed by atoms with Gasteiger partial charge in [0.25, 0.3) is 0 Å². The molecule has 2 atom stereocenters. The van der Waals surface area contributed by atoms with Crippen molar-refractivity contribution >= 4 is 28.6 Å². The van der Waals surface area contributed by atoms with Crippen LogP contribution in [0.4, 0.5) is 5.69 Å². The molecule has 0 radical (unpaired) electrons. The summed E-state index contributed by atoms with van der Waals surface area (Å²) in [5.41, 5.74) is 3.33. The fourth-order valence-corrected chi connectivity index (χ4v) is 4.11. The van der Waals surface area contributed by atoms with Gasteiger partial charge in [-0.05, 0) is 55.0 Å². The SMILES string of the molecule is CC1c2ccsc2CCN1c1ccc([C@H](C)O)cc1Cl. The van der Waals surface area contributed by atoms with Crippen LogP contribution in [0.15, 0.2) is 29.6 Å². The zero-order valence-electron chi connectivity index (χ0n) is 11.6. The van der Waals surface area contributed by atoms with Gasteiger partial charge in [0.05, 0.1) is 22.9 Å². The molecule has 4 heteroatoms. The van der Waals surface area contributed by atoms with Crippen molar-refractivity contribution in [2.75, 3.05) is 11.4 Å². The number of fused-ring (bicyclic) bond motifs is 1. The standard InChI is InChI=1S/C16H18ClNOS/c1-10-13-6-8-20-16(13)5-7-18(10)15-4-3-12(11(2)19)9-14(15)17/h3-4,6,8-11,19H,5,7H2,1-2H3/t10?,11-/m0/s1. The van der Waals surface area contributed by atoms with Gasteiger partial charge in [-0.15, -0.1) is 11.3 Å². The molecule has 0 aliphatic carbocycles. The molecule has 1 aromatic carbocycles. The van der Waals surface area contributed by atoms with Crippen molar-refractivity contribution in [1.82, 2.24) is 0 Å². The molecule has 20 heavy (non-hydrogen) atoms. The summed E-state index contributed by atoms with van der Waals surface area (Å²) in [5.74, 6) is 0. The van der Waals surface area contributed by atoms with Crippen LogP contribution in [0.2, 0.25) is 5.02 Å². The summed E-state index contributed by atoms with van der Waals surface area (Å²) in [7, 11) is 0. The minimum Gasteiger partial charge on any atom is -0.389 e. The van der Waals surface area contributed by atoms with Crippen LogP contribution < -0.4 is 4.90 Å². The number of nitrogens with zero attached hydrogens (tertiary/aromatic N) is 1. The number of hydrogen-bond acceptors (Lipinski definition) is 3. The van der Waals surface area contributed by atoms with E-state index in [9.17, 15) is 5.11 Å². The minimum absolute atomic E-state index is 0.347. The number of aliphatic hydroxyl groups is 1. The predicted molar refractivity (Wildman–Crippen MR) is 85.9 cm³/mol. The van der Waals surface area contributed by atoms with Crippen molar-refractivity contribution < 1.29 is 5.11 Å². The molecule has 2 heterocycles. The van der Waals surface area contributed by atoms with E-state index in [0.717, 1.165) is 24.2 Å². The summed E-state index contributed by atoms with van der Waals surface area (Å²) in [5, 5.41) is 12.5. The average molecular weight is 308 g/mol. The third-order valence-corrected chi connectivity index (χ3v) is 5.34. The van der Waals surface area contributed by atoms with Crippen LogP contribution in [-0.4, -0.2) is 11.7 Å². The molecule has 0 saturated heterocycles. The second-order valence-corrected chi connectivity index (χ2v) is 6.71.